The molecule has 1 aliphatic heterocycles. The second-order valence-electron chi connectivity index (χ2n) is 5.48. The number of allylic oxidation sites excluding steroid dienone is 2. The third-order valence-electron chi connectivity index (χ3n) is 3.36. The average Bonchev–Trinajstić information content (AvgIpc) is 2.27. The summed E-state index contributed by atoms with van der Waals surface area (Å²) in [5.74, 6) is 0. The van der Waals surface area contributed by atoms with Gasteiger partial charge in [0.25, 0.3) is 0 Å². The van der Waals surface area contributed by atoms with Gasteiger partial charge in [-0.25, -0.2) is 0 Å². The van der Waals surface area contributed by atoms with Crippen molar-refractivity contribution in [2.75, 3.05) is 19.8 Å². The lowest BCUT2D eigenvalue weighted by Crippen LogP contribution is -2.47. The molecular formula is C14H27NO2. The van der Waals surface area contributed by atoms with Gasteiger partial charge in [-0.05, 0) is 33.6 Å². The van der Waals surface area contributed by atoms with Crippen LogP contribution in [-0.4, -0.2) is 36.5 Å². The van der Waals surface area contributed by atoms with Crippen molar-refractivity contribution in [1.29, 1.82) is 0 Å². The van der Waals surface area contributed by atoms with Crippen LogP contribution in [0.3, 0.4) is 0 Å². The standard InChI is InChI=1S/C14H27NO2/c1-12(2)5-4-6-13(3)15-11-14(16)7-9-17-10-8-14/h5,13,15-16H,4,6-11H2,1-3H3/t13-/m1/s1. The van der Waals surface area contributed by atoms with Crippen molar-refractivity contribution in [1.82, 2.24) is 5.32 Å². The summed E-state index contributed by atoms with van der Waals surface area (Å²) in [4.78, 5) is 0. The Morgan fingerprint density at radius 3 is 2.65 bits per heavy atom. The molecule has 1 rings (SSSR count). The van der Waals surface area contributed by atoms with Crippen LogP contribution in [0.1, 0.15) is 46.5 Å². The highest BCUT2D eigenvalue weighted by atomic mass is 16.5. The molecule has 0 spiro atoms. The second-order valence-corrected chi connectivity index (χ2v) is 5.48. The topological polar surface area (TPSA) is 41.5 Å². The number of ether oxygens (including phenoxy) is 1. The first-order valence-electron chi connectivity index (χ1n) is 6.69. The van der Waals surface area contributed by atoms with Gasteiger partial charge < -0.3 is 15.2 Å². The molecule has 3 heteroatoms. The maximum atomic E-state index is 10.3. The number of hydrogen-bond donors (Lipinski definition) is 2. The van der Waals surface area contributed by atoms with Crippen LogP contribution in [0.15, 0.2) is 11.6 Å². The van der Waals surface area contributed by atoms with Crippen LogP contribution in [0, 0.1) is 0 Å². The fraction of sp³-hybridized carbons (Fsp3) is 0.857. The van der Waals surface area contributed by atoms with Gasteiger partial charge in [-0.1, -0.05) is 11.6 Å². The van der Waals surface area contributed by atoms with Gasteiger partial charge in [0.15, 0.2) is 0 Å². The Labute approximate surface area is 105 Å². The maximum absolute atomic E-state index is 10.3. The Hall–Kier alpha value is -0.380. The summed E-state index contributed by atoms with van der Waals surface area (Å²) in [6, 6.07) is 0.456. The van der Waals surface area contributed by atoms with E-state index < -0.39 is 5.60 Å². The van der Waals surface area contributed by atoms with Crippen LogP contribution >= 0.6 is 0 Å². The van der Waals surface area contributed by atoms with Crippen LogP contribution in [-0.2, 0) is 4.74 Å². The molecule has 1 heterocycles. The lowest BCUT2D eigenvalue weighted by molar-refractivity contribution is -0.0626. The molecule has 0 unspecified atom stereocenters. The third-order valence-corrected chi connectivity index (χ3v) is 3.36. The number of aliphatic hydroxyl groups is 1. The van der Waals surface area contributed by atoms with E-state index in [9.17, 15) is 5.11 Å². The molecule has 17 heavy (non-hydrogen) atoms. The monoisotopic (exact) mass is 241 g/mol. The molecule has 0 aromatic carbocycles. The number of hydrogen-bond acceptors (Lipinski definition) is 3. The van der Waals surface area contributed by atoms with E-state index in [0.717, 1.165) is 25.7 Å². The summed E-state index contributed by atoms with van der Waals surface area (Å²) in [6.45, 7) is 8.49. The van der Waals surface area contributed by atoms with E-state index in [-0.39, 0.29) is 0 Å². The lowest BCUT2D eigenvalue weighted by Gasteiger charge is -2.33. The molecule has 1 atom stereocenters. The second kappa shape index (κ2) is 7.14. The summed E-state index contributed by atoms with van der Waals surface area (Å²) in [6.07, 6.45) is 6.00. The van der Waals surface area contributed by atoms with Crippen molar-refractivity contribution in [2.24, 2.45) is 0 Å². The highest BCUT2D eigenvalue weighted by molar-refractivity contribution is 4.93. The van der Waals surface area contributed by atoms with Crippen molar-refractivity contribution in [2.45, 2.75) is 58.1 Å². The first kappa shape index (κ1) is 14.7. The first-order valence-corrected chi connectivity index (χ1v) is 6.69. The van der Waals surface area contributed by atoms with E-state index >= 15 is 0 Å². The number of nitrogens with one attached hydrogen (secondary N) is 1. The molecule has 1 fully saturated rings. The van der Waals surface area contributed by atoms with E-state index in [2.05, 4.69) is 32.2 Å². The van der Waals surface area contributed by atoms with Crippen molar-refractivity contribution in [3.05, 3.63) is 11.6 Å². The smallest absolute Gasteiger partial charge is 0.0815 e. The van der Waals surface area contributed by atoms with Crippen molar-refractivity contribution >= 4 is 0 Å². The SMILES string of the molecule is CC(C)=CCC[C@@H](C)NCC1(O)CCOCC1. The van der Waals surface area contributed by atoms with Gasteiger partial charge in [-0.3, -0.25) is 0 Å². The molecule has 0 amide bonds. The van der Waals surface area contributed by atoms with Gasteiger partial charge in [0, 0.05) is 38.6 Å². The first-order chi connectivity index (χ1) is 8.02. The lowest BCUT2D eigenvalue weighted by atomic mass is 9.94. The van der Waals surface area contributed by atoms with Crippen molar-refractivity contribution in [3.8, 4) is 0 Å². The largest absolute Gasteiger partial charge is 0.388 e. The van der Waals surface area contributed by atoms with Gasteiger partial charge in [0.1, 0.15) is 0 Å². The zero-order chi connectivity index (χ0) is 12.7. The fourth-order valence-corrected chi connectivity index (χ4v) is 2.02. The predicted octanol–water partition coefficient (Wildman–Crippen LogP) is 2.25. The zero-order valence-electron chi connectivity index (χ0n) is 11.5. The quantitative estimate of drug-likeness (QED) is 0.701. The number of rotatable bonds is 6. The normalized spacial score (nSPS) is 20.9. The van der Waals surface area contributed by atoms with Crippen LogP contribution in [0.4, 0.5) is 0 Å². The minimum atomic E-state index is -0.553. The molecule has 0 aromatic heterocycles. The molecule has 2 N–H and O–H groups in total. The predicted molar refractivity (Wildman–Crippen MR) is 71.1 cm³/mol. The zero-order valence-corrected chi connectivity index (χ0v) is 11.5. The molecule has 0 aromatic rings. The Balaban J connectivity index is 2.18. The summed E-state index contributed by atoms with van der Waals surface area (Å²) in [7, 11) is 0. The van der Waals surface area contributed by atoms with Crippen LogP contribution in [0.2, 0.25) is 0 Å². The molecular weight excluding hydrogens is 214 g/mol. The summed E-state index contributed by atoms with van der Waals surface area (Å²) in [5.41, 5.74) is 0.823. The fourth-order valence-electron chi connectivity index (χ4n) is 2.02. The van der Waals surface area contributed by atoms with Crippen LogP contribution in [0.5, 0.6) is 0 Å². The van der Waals surface area contributed by atoms with Gasteiger partial charge in [-0.2, -0.15) is 0 Å². The molecule has 0 aliphatic carbocycles. The molecule has 3 nitrogen and oxygen atoms in total. The van der Waals surface area contributed by atoms with E-state index in [1.807, 2.05) is 0 Å². The molecule has 0 saturated carbocycles. The van der Waals surface area contributed by atoms with Gasteiger partial charge in [0.05, 0.1) is 5.60 Å². The van der Waals surface area contributed by atoms with E-state index in [1.165, 1.54) is 5.57 Å². The average molecular weight is 241 g/mol. The van der Waals surface area contributed by atoms with E-state index in [0.29, 0.717) is 25.8 Å². The summed E-state index contributed by atoms with van der Waals surface area (Å²) in [5, 5.41) is 13.7. The Bertz CT molecular complexity index is 241. The molecule has 1 saturated heterocycles. The minimum absolute atomic E-state index is 0.456. The summed E-state index contributed by atoms with van der Waals surface area (Å²) < 4.78 is 5.27. The Morgan fingerprint density at radius 1 is 1.41 bits per heavy atom. The Kier molecular flexibility index (Phi) is 6.17. The van der Waals surface area contributed by atoms with Crippen LogP contribution < -0.4 is 5.32 Å². The van der Waals surface area contributed by atoms with E-state index in [1.54, 1.807) is 0 Å². The molecule has 0 radical (unpaired) electrons. The van der Waals surface area contributed by atoms with Gasteiger partial charge in [-0.15, -0.1) is 0 Å². The van der Waals surface area contributed by atoms with Crippen LogP contribution in [0.25, 0.3) is 0 Å². The highest BCUT2D eigenvalue weighted by Crippen LogP contribution is 2.19. The minimum Gasteiger partial charge on any atom is -0.388 e. The molecule has 0 bridgehead atoms. The maximum Gasteiger partial charge on any atom is 0.0815 e. The Morgan fingerprint density at radius 2 is 2.06 bits per heavy atom. The highest BCUT2D eigenvalue weighted by Gasteiger charge is 2.29. The van der Waals surface area contributed by atoms with Crippen molar-refractivity contribution in [3.63, 3.8) is 0 Å². The van der Waals surface area contributed by atoms with E-state index in [4.69, 9.17) is 4.74 Å². The summed E-state index contributed by atoms with van der Waals surface area (Å²) >= 11 is 0. The van der Waals surface area contributed by atoms with Gasteiger partial charge in [0.2, 0.25) is 0 Å². The third kappa shape index (κ3) is 6.20. The molecule has 1 aliphatic rings. The molecule has 100 valence electrons. The van der Waals surface area contributed by atoms with Gasteiger partial charge >= 0.3 is 0 Å². The van der Waals surface area contributed by atoms with Crippen molar-refractivity contribution < 1.29 is 9.84 Å².